The number of aliphatic imine (C=N–C) groups is 1. The number of hydrogen-bond acceptors (Lipinski definition) is 8. The van der Waals surface area contributed by atoms with Crippen LogP contribution in [0.15, 0.2) is 57.6 Å². The van der Waals surface area contributed by atoms with Crippen LogP contribution in [0.2, 0.25) is 5.02 Å². The summed E-state index contributed by atoms with van der Waals surface area (Å²) in [6, 6.07) is 9.86. The Bertz CT molecular complexity index is 1320. The van der Waals surface area contributed by atoms with E-state index < -0.39 is 30.2 Å². The highest BCUT2D eigenvalue weighted by Gasteiger charge is 2.34. The molecule has 0 unspecified atom stereocenters. The average Bonchev–Trinajstić information content (AvgIpc) is 3.12. The summed E-state index contributed by atoms with van der Waals surface area (Å²) >= 11 is 7.18. The van der Waals surface area contributed by atoms with Gasteiger partial charge in [-0.3, -0.25) is 4.79 Å². The highest BCUT2D eigenvalue weighted by atomic mass is 35.5. The maximum Gasteiger partial charge on any atom is 0.344 e. The number of ether oxygens (including phenoxy) is 3. The molecule has 2 N–H and O–H groups in total. The van der Waals surface area contributed by atoms with Gasteiger partial charge in [-0.2, -0.15) is 0 Å². The van der Waals surface area contributed by atoms with E-state index in [1.165, 1.54) is 25.3 Å². The average molecular weight is 532 g/mol. The maximum atomic E-state index is 12.8. The molecule has 0 spiro atoms. The van der Waals surface area contributed by atoms with Crippen LogP contribution < -0.4 is 9.47 Å². The quantitative estimate of drug-likeness (QED) is 0.460. The molecule has 0 fully saturated rings. The molecule has 0 atom stereocenters. The zero-order valence-corrected chi connectivity index (χ0v) is 21.1. The largest absolute Gasteiger partial charge is 0.506 e. The van der Waals surface area contributed by atoms with Crippen LogP contribution in [0.3, 0.4) is 0 Å². The fraction of sp³-hybridized carbons (Fsp3) is 0.200. The van der Waals surface area contributed by atoms with Crippen molar-refractivity contribution in [2.75, 3.05) is 20.3 Å². The first kappa shape index (κ1) is 26.8. The summed E-state index contributed by atoms with van der Waals surface area (Å²) in [5.74, 6) is -2.78. The minimum atomic E-state index is -1.18. The normalized spacial score (nSPS) is 15.3. The molecule has 0 bridgehead atoms. The number of carbonyl (C=O) groups excluding carboxylic acids is 2. The fourth-order valence-electron chi connectivity index (χ4n) is 3.21. The molecule has 2 aromatic rings. The van der Waals surface area contributed by atoms with Crippen molar-refractivity contribution in [2.45, 2.75) is 13.8 Å². The molecular weight excluding hydrogens is 510 g/mol. The number of hydrogen-bond donors (Lipinski definition) is 2. The maximum absolute atomic E-state index is 12.8. The third-order valence-corrected chi connectivity index (χ3v) is 6.14. The van der Waals surface area contributed by atoms with Crippen molar-refractivity contribution in [3.05, 3.63) is 74.3 Å². The second-order valence-electron chi connectivity index (χ2n) is 7.31. The van der Waals surface area contributed by atoms with Crippen molar-refractivity contribution < 1.29 is 38.8 Å². The van der Waals surface area contributed by atoms with Crippen LogP contribution in [0.4, 0.5) is 0 Å². The van der Waals surface area contributed by atoms with E-state index in [2.05, 4.69) is 4.99 Å². The molecule has 0 saturated carbocycles. The number of carbonyl (C=O) groups is 3. The summed E-state index contributed by atoms with van der Waals surface area (Å²) in [7, 11) is 1.36. The van der Waals surface area contributed by atoms with Gasteiger partial charge in [0.2, 0.25) is 0 Å². The lowest BCUT2D eigenvalue weighted by Crippen LogP contribution is -2.14. The number of amides is 1. The molecular formula is C25H22ClNO8S. The Hall–Kier alpha value is -3.76. The predicted molar refractivity (Wildman–Crippen MR) is 136 cm³/mol. The topological polar surface area (TPSA) is 132 Å². The van der Waals surface area contributed by atoms with Crippen LogP contribution in [0.5, 0.6) is 11.5 Å². The standard InChI is InChI=1S/C25H22ClNO8S/c1-4-34-25(32)20-21(30)18(36-24(20)27-23(31)15-8-6-5-7-13(15)2)11-14-9-16(26)22(17(10-14)33-3)35-12-19(28)29/h5-11,30H,4,12H2,1-3H3,(H,28,29)/b18-11-,27-24?. The Morgan fingerprint density at radius 3 is 2.56 bits per heavy atom. The molecule has 0 aromatic heterocycles. The highest BCUT2D eigenvalue weighted by molar-refractivity contribution is 8.18. The van der Waals surface area contributed by atoms with Crippen molar-refractivity contribution in [2.24, 2.45) is 4.99 Å². The van der Waals surface area contributed by atoms with Gasteiger partial charge in [-0.25, -0.2) is 14.6 Å². The third kappa shape index (κ3) is 6.07. The van der Waals surface area contributed by atoms with Gasteiger partial charge >= 0.3 is 11.9 Å². The van der Waals surface area contributed by atoms with Crippen LogP contribution in [-0.2, 0) is 14.3 Å². The van der Waals surface area contributed by atoms with Crippen LogP contribution >= 0.6 is 23.4 Å². The lowest BCUT2D eigenvalue weighted by molar-refractivity contribution is -0.139. The van der Waals surface area contributed by atoms with Crippen LogP contribution in [0, 0.1) is 6.92 Å². The van der Waals surface area contributed by atoms with Gasteiger partial charge in [0.15, 0.2) is 18.1 Å². The molecule has 2 aromatic carbocycles. The zero-order chi connectivity index (χ0) is 26.4. The number of aliphatic carboxylic acids is 1. The second-order valence-corrected chi connectivity index (χ2v) is 8.75. The van der Waals surface area contributed by atoms with E-state index in [1.807, 2.05) is 0 Å². The number of carboxylic acid groups (broad SMARTS) is 1. The van der Waals surface area contributed by atoms with Gasteiger partial charge < -0.3 is 24.4 Å². The molecule has 0 radical (unpaired) electrons. The number of nitrogens with zero attached hydrogens (tertiary/aromatic N) is 1. The number of halogens is 1. The van der Waals surface area contributed by atoms with Gasteiger partial charge in [0.25, 0.3) is 5.91 Å². The summed E-state index contributed by atoms with van der Waals surface area (Å²) in [6.07, 6.45) is 1.51. The molecule has 1 amide bonds. The number of aryl methyl sites for hydroxylation is 1. The number of aliphatic hydroxyl groups excluding tert-OH is 1. The van der Waals surface area contributed by atoms with Gasteiger partial charge in [0.05, 0.1) is 23.6 Å². The van der Waals surface area contributed by atoms with E-state index in [0.29, 0.717) is 16.7 Å². The number of thioether (sulfide) groups is 1. The molecule has 1 heterocycles. The van der Waals surface area contributed by atoms with E-state index >= 15 is 0 Å². The van der Waals surface area contributed by atoms with E-state index in [9.17, 15) is 19.5 Å². The number of methoxy groups -OCH3 is 1. The molecule has 11 heteroatoms. The Labute approximate surface area is 216 Å². The van der Waals surface area contributed by atoms with E-state index in [0.717, 1.165) is 11.8 Å². The summed E-state index contributed by atoms with van der Waals surface area (Å²) < 4.78 is 15.5. The number of esters is 1. The van der Waals surface area contributed by atoms with E-state index in [4.69, 9.17) is 30.9 Å². The van der Waals surface area contributed by atoms with Gasteiger partial charge in [-0.15, -0.1) is 0 Å². The van der Waals surface area contributed by atoms with Crippen molar-refractivity contribution in [1.82, 2.24) is 0 Å². The number of benzene rings is 2. The van der Waals surface area contributed by atoms with Crippen molar-refractivity contribution in [1.29, 1.82) is 0 Å². The van der Waals surface area contributed by atoms with Crippen LogP contribution in [0.25, 0.3) is 6.08 Å². The number of rotatable bonds is 8. The van der Waals surface area contributed by atoms with Crippen molar-refractivity contribution >= 4 is 52.3 Å². The first-order valence-electron chi connectivity index (χ1n) is 10.6. The summed E-state index contributed by atoms with van der Waals surface area (Å²) in [4.78, 5) is 40.6. The molecule has 3 rings (SSSR count). The smallest absolute Gasteiger partial charge is 0.344 e. The molecule has 1 aliphatic heterocycles. The zero-order valence-electron chi connectivity index (χ0n) is 19.5. The summed E-state index contributed by atoms with van der Waals surface area (Å²) in [6.45, 7) is 2.82. The van der Waals surface area contributed by atoms with Crippen LogP contribution in [-0.4, -0.2) is 53.4 Å². The Morgan fingerprint density at radius 1 is 1.19 bits per heavy atom. The molecule has 0 saturated heterocycles. The highest BCUT2D eigenvalue weighted by Crippen LogP contribution is 2.42. The lowest BCUT2D eigenvalue weighted by Gasteiger charge is -2.12. The first-order chi connectivity index (χ1) is 17.2. The molecule has 1 aliphatic rings. The Balaban J connectivity index is 2.03. The molecule has 9 nitrogen and oxygen atoms in total. The summed E-state index contributed by atoms with van der Waals surface area (Å²) in [5, 5.41) is 19.8. The molecule has 0 aliphatic carbocycles. The fourth-order valence-corrected chi connectivity index (χ4v) is 4.49. The summed E-state index contributed by atoms with van der Waals surface area (Å²) in [5.41, 5.74) is 1.29. The SMILES string of the molecule is CCOC(=O)C1=C(O)/C(=C/c2cc(Cl)c(OCC(=O)O)c(OC)c2)SC1=NC(=O)c1ccccc1C. The predicted octanol–water partition coefficient (Wildman–Crippen LogP) is 4.82. The minimum absolute atomic E-state index is 0.00933. The molecule has 188 valence electrons. The van der Waals surface area contributed by atoms with Gasteiger partial charge in [-0.1, -0.05) is 41.6 Å². The second kappa shape index (κ2) is 11.8. The lowest BCUT2D eigenvalue weighted by atomic mass is 10.1. The Morgan fingerprint density at radius 2 is 1.92 bits per heavy atom. The van der Waals surface area contributed by atoms with Gasteiger partial charge in [0, 0.05) is 5.56 Å². The van der Waals surface area contributed by atoms with Crippen molar-refractivity contribution in [3.63, 3.8) is 0 Å². The molecule has 36 heavy (non-hydrogen) atoms. The van der Waals surface area contributed by atoms with Crippen LogP contribution in [0.1, 0.15) is 28.4 Å². The Kier molecular flexibility index (Phi) is 8.78. The van der Waals surface area contributed by atoms with Gasteiger partial charge in [0.1, 0.15) is 16.4 Å². The monoisotopic (exact) mass is 531 g/mol. The van der Waals surface area contributed by atoms with E-state index in [1.54, 1.807) is 38.1 Å². The van der Waals surface area contributed by atoms with Gasteiger partial charge in [-0.05, 0) is 49.2 Å². The third-order valence-electron chi connectivity index (χ3n) is 4.84. The first-order valence-corrected chi connectivity index (χ1v) is 11.8. The van der Waals surface area contributed by atoms with Crippen molar-refractivity contribution in [3.8, 4) is 11.5 Å². The van der Waals surface area contributed by atoms with E-state index in [-0.39, 0.29) is 38.7 Å². The number of aliphatic hydroxyl groups is 1. The minimum Gasteiger partial charge on any atom is -0.506 e. The number of carboxylic acids is 1.